The Balaban J connectivity index is 1.63. The highest BCUT2D eigenvalue weighted by molar-refractivity contribution is 4.83. The molecule has 0 radical (unpaired) electrons. The minimum Gasteiger partial charge on any atom is -0.317 e. The fourth-order valence-electron chi connectivity index (χ4n) is 5.10. The molecule has 3 N–H and O–H groups in total. The lowest BCUT2D eigenvalue weighted by Gasteiger charge is -2.37. The lowest BCUT2D eigenvalue weighted by molar-refractivity contribution is 0.141. The van der Waals surface area contributed by atoms with E-state index in [9.17, 15) is 0 Å². The summed E-state index contributed by atoms with van der Waals surface area (Å²) in [5.74, 6) is 0.954. The SMILES string of the molecule is C1CCC2CCCNCCN(CC2)C(CC2CCCCN2)CCNC1. The first-order chi connectivity index (χ1) is 12.4. The minimum absolute atomic E-state index is 0.754. The van der Waals surface area contributed by atoms with Crippen molar-refractivity contribution in [2.75, 3.05) is 45.8 Å². The molecule has 4 heteroatoms. The van der Waals surface area contributed by atoms with Crippen molar-refractivity contribution in [1.29, 1.82) is 0 Å². The fraction of sp³-hybridized carbons (Fsp3) is 1.00. The van der Waals surface area contributed by atoms with Gasteiger partial charge in [-0.1, -0.05) is 19.3 Å². The van der Waals surface area contributed by atoms with Gasteiger partial charge in [-0.15, -0.1) is 0 Å². The van der Waals surface area contributed by atoms with E-state index in [0.717, 1.165) is 18.0 Å². The Labute approximate surface area is 155 Å². The average molecular weight is 351 g/mol. The van der Waals surface area contributed by atoms with Gasteiger partial charge in [0.25, 0.3) is 0 Å². The smallest absolute Gasteiger partial charge is 0.0123 e. The predicted molar refractivity (Wildman–Crippen MR) is 107 cm³/mol. The summed E-state index contributed by atoms with van der Waals surface area (Å²) < 4.78 is 0. The molecule has 0 saturated carbocycles. The van der Waals surface area contributed by atoms with E-state index in [-0.39, 0.29) is 0 Å². The summed E-state index contributed by atoms with van der Waals surface area (Å²) in [5.41, 5.74) is 0. The van der Waals surface area contributed by atoms with Crippen LogP contribution in [0.2, 0.25) is 0 Å². The summed E-state index contributed by atoms with van der Waals surface area (Å²) in [6.07, 6.45) is 15.3. The van der Waals surface area contributed by atoms with E-state index < -0.39 is 0 Å². The first-order valence-electron chi connectivity index (χ1n) is 11.3. The van der Waals surface area contributed by atoms with Crippen molar-refractivity contribution >= 4 is 0 Å². The van der Waals surface area contributed by atoms with E-state index in [1.807, 2.05) is 0 Å². The molecule has 0 aromatic heterocycles. The van der Waals surface area contributed by atoms with Crippen LogP contribution >= 0.6 is 0 Å². The maximum Gasteiger partial charge on any atom is 0.0123 e. The van der Waals surface area contributed by atoms with Crippen LogP contribution in [0.15, 0.2) is 0 Å². The highest BCUT2D eigenvalue weighted by Gasteiger charge is 2.25. The van der Waals surface area contributed by atoms with Crippen molar-refractivity contribution in [2.45, 2.75) is 82.7 Å². The number of rotatable bonds is 2. The summed E-state index contributed by atoms with van der Waals surface area (Å²) >= 11 is 0. The number of nitrogens with zero attached hydrogens (tertiary/aromatic N) is 1. The monoisotopic (exact) mass is 350 g/mol. The first-order valence-corrected chi connectivity index (χ1v) is 11.3. The zero-order chi connectivity index (χ0) is 17.2. The molecular weight excluding hydrogens is 308 g/mol. The van der Waals surface area contributed by atoms with Crippen LogP contribution in [0.1, 0.15) is 70.6 Å². The van der Waals surface area contributed by atoms with E-state index in [2.05, 4.69) is 20.9 Å². The molecule has 25 heavy (non-hydrogen) atoms. The molecule has 0 amide bonds. The predicted octanol–water partition coefficient (Wildman–Crippen LogP) is 2.74. The molecule has 2 bridgehead atoms. The van der Waals surface area contributed by atoms with Gasteiger partial charge in [-0.2, -0.15) is 0 Å². The molecule has 0 aromatic carbocycles. The Morgan fingerprint density at radius 1 is 0.640 bits per heavy atom. The van der Waals surface area contributed by atoms with Crippen LogP contribution < -0.4 is 16.0 Å². The zero-order valence-corrected chi connectivity index (χ0v) is 16.4. The summed E-state index contributed by atoms with van der Waals surface area (Å²) in [7, 11) is 0. The van der Waals surface area contributed by atoms with Gasteiger partial charge in [-0.3, -0.25) is 4.90 Å². The Morgan fingerprint density at radius 2 is 1.44 bits per heavy atom. The molecule has 4 nitrogen and oxygen atoms in total. The summed E-state index contributed by atoms with van der Waals surface area (Å²) in [6, 6.07) is 1.51. The normalized spacial score (nSPS) is 37.0. The summed E-state index contributed by atoms with van der Waals surface area (Å²) in [5, 5.41) is 11.2. The number of nitrogens with one attached hydrogen (secondary N) is 3. The van der Waals surface area contributed by atoms with Crippen molar-refractivity contribution in [3.8, 4) is 0 Å². The van der Waals surface area contributed by atoms with Crippen molar-refractivity contribution in [3.63, 3.8) is 0 Å². The van der Waals surface area contributed by atoms with Crippen molar-refractivity contribution < 1.29 is 0 Å². The van der Waals surface area contributed by atoms with E-state index >= 15 is 0 Å². The molecule has 3 fully saturated rings. The number of hydrogen-bond acceptors (Lipinski definition) is 4. The number of hydrogen-bond donors (Lipinski definition) is 3. The highest BCUT2D eigenvalue weighted by atomic mass is 15.2. The third kappa shape index (κ3) is 7.16. The number of fused-ring (bicyclic) bond motifs is 3. The standard InChI is InChI=1S/C21H42N4/c1-3-11-22-14-9-21(18-20-8-2-4-13-24-20)25-16-10-19(6-1)7-5-12-23-15-17-25/h19-24H,1-18H2. The van der Waals surface area contributed by atoms with Crippen LogP contribution in [0, 0.1) is 5.92 Å². The first kappa shape index (κ1) is 19.6. The Bertz CT molecular complexity index is 343. The second-order valence-corrected chi connectivity index (χ2v) is 8.65. The lowest BCUT2D eigenvalue weighted by Crippen LogP contribution is -2.47. The topological polar surface area (TPSA) is 39.3 Å². The van der Waals surface area contributed by atoms with E-state index in [4.69, 9.17) is 0 Å². The van der Waals surface area contributed by atoms with Crippen molar-refractivity contribution in [1.82, 2.24) is 20.9 Å². The molecule has 0 aliphatic carbocycles. The van der Waals surface area contributed by atoms with Crippen LogP contribution in [0.3, 0.4) is 0 Å². The molecule has 3 heterocycles. The molecule has 3 aliphatic heterocycles. The van der Waals surface area contributed by atoms with Crippen molar-refractivity contribution in [2.24, 2.45) is 5.92 Å². The van der Waals surface area contributed by atoms with Gasteiger partial charge in [0.2, 0.25) is 0 Å². The van der Waals surface area contributed by atoms with Gasteiger partial charge >= 0.3 is 0 Å². The van der Waals surface area contributed by atoms with Gasteiger partial charge in [0, 0.05) is 25.2 Å². The molecule has 4 unspecified atom stereocenters. The maximum atomic E-state index is 3.80. The van der Waals surface area contributed by atoms with E-state index in [1.54, 1.807) is 0 Å². The van der Waals surface area contributed by atoms with Gasteiger partial charge in [0.05, 0.1) is 0 Å². The number of piperidine rings is 1. The van der Waals surface area contributed by atoms with Gasteiger partial charge in [-0.25, -0.2) is 0 Å². The minimum atomic E-state index is 0.754. The Morgan fingerprint density at radius 3 is 2.36 bits per heavy atom. The molecule has 146 valence electrons. The van der Waals surface area contributed by atoms with Gasteiger partial charge in [0.15, 0.2) is 0 Å². The largest absolute Gasteiger partial charge is 0.317 e. The molecule has 4 atom stereocenters. The van der Waals surface area contributed by atoms with E-state index in [1.165, 1.54) is 116 Å². The third-order valence-electron chi connectivity index (χ3n) is 6.72. The second-order valence-electron chi connectivity index (χ2n) is 8.65. The highest BCUT2D eigenvalue weighted by Crippen LogP contribution is 2.23. The van der Waals surface area contributed by atoms with Crippen LogP contribution in [0.25, 0.3) is 0 Å². The third-order valence-corrected chi connectivity index (χ3v) is 6.72. The quantitative estimate of drug-likeness (QED) is 0.716. The Kier molecular flexibility index (Phi) is 9.04. The van der Waals surface area contributed by atoms with Gasteiger partial charge in [0.1, 0.15) is 0 Å². The molecule has 0 spiro atoms. The molecule has 3 aliphatic rings. The summed E-state index contributed by atoms with van der Waals surface area (Å²) in [4.78, 5) is 2.85. The van der Waals surface area contributed by atoms with Crippen LogP contribution in [-0.2, 0) is 0 Å². The van der Waals surface area contributed by atoms with Crippen LogP contribution in [-0.4, -0.2) is 62.8 Å². The molecule has 0 aromatic rings. The summed E-state index contributed by atoms with van der Waals surface area (Å²) in [6.45, 7) is 8.62. The fourth-order valence-corrected chi connectivity index (χ4v) is 5.10. The van der Waals surface area contributed by atoms with Gasteiger partial charge < -0.3 is 16.0 Å². The second kappa shape index (κ2) is 11.5. The average Bonchev–Trinajstić information content (AvgIpc) is 2.64. The molecular formula is C21H42N4. The van der Waals surface area contributed by atoms with Crippen molar-refractivity contribution in [3.05, 3.63) is 0 Å². The van der Waals surface area contributed by atoms with Crippen LogP contribution in [0.4, 0.5) is 0 Å². The lowest BCUT2D eigenvalue weighted by atomic mass is 9.91. The molecule has 3 rings (SSSR count). The maximum absolute atomic E-state index is 3.80. The van der Waals surface area contributed by atoms with Crippen LogP contribution in [0.5, 0.6) is 0 Å². The van der Waals surface area contributed by atoms with Gasteiger partial charge in [-0.05, 0) is 90.0 Å². The van der Waals surface area contributed by atoms with E-state index in [0.29, 0.717) is 0 Å². The Hall–Kier alpha value is -0.160. The zero-order valence-electron chi connectivity index (χ0n) is 16.4. The molecule has 3 saturated heterocycles.